The summed E-state index contributed by atoms with van der Waals surface area (Å²) in [5, 5.41) is 8.72. The Balaban J connectivity index is 3.04. The van der Waals surface area contributed by atoms with Crippen LogP contribution in [-0.2, 0) is 4.79 Å². The SMILES string of the molecule is O=C(O)CC(Br)C(=O)c1cc(Cl)c(Br)cc1F. The minimum Gasteiger partial charge on any atom is -0.481 e. The first kappa shape index (κ1) is 14.6. The van der Waals surface area contributed by atoms with Crippen molar-refractivity contribution in [2.24, 2.45) is 0 Å². The number of carboxylic acids is 1. The van der Waals surface area contributed by atoms with E-state index in [2.05, 4.69) is 31.9 Å². The normalized spacial score (nSPS) is 12.2. The van der Waals surface area contributed by atoms with Gasteiger partial charge in [0.1, 0.15) is 5.82 Å². The number of aliphatic carboxylic acids is 1. The Morgan fingerprint density at radius 3 is 2.59 bits per heavy atom. The number of halogens is 4. The minimum atomic E-state index is -1.15. The van der Waals surface area contributed by atoms with Crippen LogP contribution in [0.3, 0.4) is 0 Å². The number of carboxylic acid groups (broad SMARTS) is 1. The molecule has 0 aliphatic heterocycles. The third-order valence-electron chi connectivity index (χ3n) is 1.91. The lowest BCUT2D eigenvalue weighted by atomic mass is 10.1. The number of carbonyl (C=O) groups excluding carboxylic acids is 1. The molecule has 1 N–H and O–H groups in total. The number of alkyl halides is 1. The second-order valence-corrected chi connectivity index (χ2v) is 5.54. The van der Waals surface area contributed by atoms with Crippen LogP contribution in [0.15, 0.2) is 16.6 Å². The van der Waals surface area contributed by atoms with Gasteiger partial charge in [-0.15, -0.1) is 0 Å². The summed E-state index contributed by atoms with van der Waals surface area (Å²) in [5.74, 6) is -2.55. The summed E-state index contributed by atoms with van der Waals surface area (Å²) in [7, 11) is 0. The van der Waals surface area contributed by atoms with Gasteiger partial charge >= 0.3 is 5.97 Å². The minimum absolute atomic E-state index is 0.185. The Hall–Kier alpha value is -0.460. The number of Topliss-reactive ketones (excluding diaryl/α,β-unsaturated/α-hetero) is 1. The molecule has 0 fully saturated rings. The lowest BCUT2D eigenvalue weighted by Gasteiger charge is -2.08. The fraction of sp³-hybridized carbons (Fsp3) is 0.200. The summed E-state index contributed by atoms with van der Waals surface area (Å²) in [6.07, 6.45) is -0.425. The van der Waals surface area contributed by atoms with Crippen molar-refractivity contribution in [1.82, 2.24) is 0 Å². The van der Waals surface area contributed by atoms with Crippen molar-refractivity contribution >= 4 is 55.2 Å². The van der Waals surface area contributed by atoms with Crippen molar-refractivity contribution in [3.63, 3.8) is 0 Å². The molecule has 92 valence electrons. The van der Waals surface area contributed by atoms with Gasteiger partial charge in [-0.2, -0.15) is 0 Å². The Morgan fingerprint density at radius 2 is 2.06 bits per heavy atom. The highest BCUT2D eigenvalue weighted by Crippen LogP contribution is 2.27. The highest BCUT2D eigenvalue weighted by atomic mass is 79.9. The smallest absolute Gasteiger partial charge is 0.304 e. The van der Waals surface area contributed by atoms with Crippen LogP contribution < -0.4 is 0 Å². The van der Waals surface area contributed by atoms with E-state index in [9.17, 15) is 14.0 Å². The van der Waals surface area contributed by atoms with E-state index in [0.717, 1.165) is 6.07 Å². The van der Waals surface area contributed by atoms with Gasteiger partial charge in [-0.3, -0.25) is 9.59 Å². The molecule has 0 spiro atoms. The summed E-state index contributed by atoms with van der Waals surface area (Å²) < 4.78 is 13.8. The molecule has 17 heavy (non-hydrogen) atoms. The van der Waals surface area contributed by atoms with Gasteiger partial charge in [0.05, 0.1) is 21.8 Å². The molecular formula is C10H6Br2ClFO3. The summed E-state index contributed by atoms with van der Waals surface area (Å²) in [6.45, 7) is 0. The molecule has 0 heterocycles. The summed E-state index contributed by atoms with van der Waals surface area (Å²) in [5.41, 5.74) is -0.235. The average Bonchev–Trinajstić information content (AvgIpc) is 2.21. The molecule has 0 aliphatic carbocycles. The van der Waals surface area contributed by atoms with Crippen LogP contribution in [0.1, 0.15) is 16.8 Å². The molecule has 1 unspecified atom stereocenters. The quantitative estimate of drug-likeness (QED) is 0.487. The van der Waals surface area contributed by atoms with Crippen LogP contribution in [-0.4, -0.2) is 21.7 Å². The first-order valence-electron chi connectivity index (χ1n) is 4.37. The molecule has 1 atom stereocenters. The molecule has 1 aromatic rings. The van der Waals surface area contributed by atoms with Crippen LogP contribution in [0.2, 0.25) is 5.02 Å². The van der Waals surface area contributed by atoms with E-state index < -0.39 is 28.8 Å². The van der Waals surface area contributed by atoms with E-state index >= 15 is 0 Å². The Bertz CT molecular complexity index is 479. The maximum atomic E-state index is 13.5. The van der Waals surface area contributed by atoms with E-state index in [0.29, 0.717) is 4.47 Å². The lowest BCUT2D eigenvalue weighted by Crippen LogP contribution is -2.19. The van der Waals surface area contributed by atoms with E-state index in [-0.39, 0.29) is 10.6 Å². The Morgan fingerprint density at radius 1 is 1.47 bits per heavy atom. The third kappa shape index (κ3) is 3.76. The molecule has 0 aromatic heterocycles. The molecule has 0 radical (unpaired) electrons. The van der Waals surface area contributed by atoms with Crippen LogP contribution in [0.25, 0.3) is 0 Å². The topological polar surface area (TPSA) is 54.4 Å². The molecule has 3 nitrogen and oxygen atoms in total. The van der Waals surface area contributed by atoms with E-state index in [1.54, 1.807) is 0 Å². The van der Waals surface area contributed by atoms with Crippen molar-refractivity contribution in [3.8, 4) is 0 Å². The monoisotopic (exact) mass is 386 g/mol. The maximum Gasteiger partial charge on any atom is 0.304 e. The number of benzene rings is 1. The van der Waals surface area contributed by atoms with Crippen LogP contribution in [0.5, 0.6) is 0 Å². The Kier molecular flexibility index (Phi) is 5.09. The number of hydrogen-bond donors (Lipinski definition) is 1. The lowest BCUT2D eigenvalue weighted by molar-refractivity contribution is -0.136. The number of hydrogen-bond acceptors (Lipinski definition) is 2. The molecule has 7 heteroatoms. The molecule has 1 rings (SSSR count). The standard InChI is InChI=1S/C10H6Br2ClFO3/c11-5-2-8(14)4(1-7(5)13)10(17)6(12)3-9(15)16/h1-2,6H,3H2,(H,15,16). The number of carbonyl (C=O) groups is 2. The van der Waals surface area contributed by atoms with Crippen LogP contribution in [0, 0.1) is 5.82 Å². The fourth-order valence-electron chi connectivity index (χ4n) is 1.13. The van der Waals surface area contributed by atoms with Gasteiger partial charge in [0.15, 0.2) is 5.78 Å². The molecular weight excluding hydrogens is 382 g/mol. The van der Waals surface area contributed by atoms with E-state index in [1.807, 2.05) is 0 Å². The zero-order valence-electron chi connectivity index (χ0n) is 8.21. The predicted octanol–water partition coefficient (Wildman–Crippen LogP) is 3.66. The zero-order valence-corrected chi connectivity index (χ0v) is 12.1. The van der Waals surface area contributed by atoms with Crippen molar-refractivity contribution in [2.45, 2.75) is 11.2 Å². The van der Waals surface area contributed by atoms with Gasteiger partial charge in [-0.1, -0.05) is 27.5 Å². The summed E-state index contributed by atoms with van der Waals surface area (Å²) in [6, 6.07) is 2.23. The molecule has 1 aromatic carbocycles. The van der Waals surface area contributed by atoms with Gasteiger partial charge in [0.25, 0.3) is 0 Å². The third-order valence-corrected chi connectivity index (χ3v) is 3.85. The molecule has 0 aliphatic rings. The van der Waals surface area contributed by atoms with Crippen molar-refractivity contribution in [1.29, 1.82) is 0 Å². The first-order chi connectivity index (χ1) is 7.82. The number of ketones is 1. The molecule has 0 saturated heterocycles. The van der Waals surface area contributed by atoms with Crippen molar-refractivity contribution in [2.75, 3.05) is 0 Å². The van der Waals surface area contributed by atoms with E-state index in [4.69, 9.17) is 16.7 Å². The Labute approximate surface area is 118 Å². The fourth-order valence-corrected chi connectivity index (χ4v) is 2.13. The predicted molar refractivity (Wildman–Crippen MR) is 68.4 cm³/mol. The van der Waals surface area contributed by atoms with Crippen molar-refractivity contribution < 1.29 is 19.1 Å². The second kappa shape index (κ2) is 5.93. The molecule has 0 bridgehead atoms. The van der Waals surface area contributed by atoms with Gasteiger partial charge in [-0.05, 0) is 28.1 Å². The summed E-state index contributed by atoms with van der Waals surface area (Å²) in [4.78, 5) is 21.2. The van der Waals surface area contributed by atoms with Gasteiger partial charge in [0, 0.05) is 4.47 Å². The van der Waals surface area contributed by atoms with Crippen molar-refractivity contribution in [3.05, 3.63) is 33.0 Å². The van der Waals surface area contributed by atoms with Crippen LogP contribution >= 0.6 is 43.5 Å². The van der Waals surface area contributed by atoms with Crippen LogP contribution in [0.4, 0.5) is 4.39 Å². The number of rotatable bonds is 4. The molecule has 0 amide bonds. The zero-order chi connectivity index (χ0) is 13.2. The highest BCUT2D eigenvalue weighted by molar-refractivity contribution is 9.10. The van der Waals surface area contributed by atoms with E-state index in [1.165, 1.54) is 6.07 Å². The van der Waals surface area contributed by atoms with Gasteiger partial charge < -0.3 is 5.11 Å². The summed E-state index contributed by atoms with van der Waals surface area (Å²) >= 11 is 11.7. The molecule has 0 saturated carbocycles. The maximum absolute atomic E-state index is 13.5. The second-order valence-electron chi connectivity index (χ2n) is 3.18. The largest absolute Gasteiger partial charge is 0.481 e. The van der Waals surface area contributed by atoms with Gasteiger partial charge in [0.2, 0.25) is 0 Å². The highest BCUT2D eigenvalue weighted by Gasteiger charge is 2.23. The average molecular weight is 388 g/mol. The van der Waals surface area contributed by atoms with Gasteiger partial charge in [-0.25, -0.2) is 4.39 Å². The first-order valence-corrected chi connectivity index (χ1v) is 6.46.